The predicted octanol–water partition coefficient (Wildman–Crippen LogP) is 2.27. The number of pyridine rings is 1. The van der Waals surface area contributed by atoms with Gasteiger partial charge in [-0.2, -0.15) is 0 Å². The van der Waals surface area contributed by atoms with Gasteiger partial charge < -0.3 is 5.32 Å². The van der Waals surface area contributed by atoms with Crippen LogP contribution in [0.3, 0.4) is 0 Å². The van der Waals surface area contributed by atoms with E-state index in [-0.39, 0.29) is 0 Å². The number of aromatic nitrogens is 1. The van der Waals surface area contributed by atoms with E-state index < -0.39 is 0 Å². The van der Waals surface area contributed by atoms with Crippen molar-refractivity contribution >= 4 is 0 Å². The first-order valence-corrected chi connectivity index (χ1v) is 7.16. The molecule has 2 rings (SSSR count). The summed E-state index contributed by atoms with van der Waals surface area (Å²) in [4.78, 5) is 7.28. The predicted molar refractivity (Wildman–Crippen MR) is 75.6 cm³/mol. The number of hydrogen-bond donors (Lipinski definition) is 1. The zero-order chi connectivity index (χ0) is 13.0. The van der Waals surface area contributed by atoms with Crippen LogP contribution in [0.4, 0.5) is 0 Å². The number of aryl methyl sites for hydroxylation is 1. The summed E-state index contributed by atoms with van der Waals surface area (Å²) >= 11 is 0. The maximum Gasteiger partial charge on any atom is 0.0464 e. The molecular weight excluding hydrogens is 222 g/mol. The summed E-state index contributed by atoms with van der Waals surface area (Å²) in [5, 5.41) is 3.47. The van der Waals surface area contributed by atoms with Gasteiger partial charge in [-0.3, -0.25) is 9.88 Å². The van der Waals surface area contributed by atoms with Crippen LogP contribution in [0, 0.1) is 6.92 Å². The molecule has 100 valence electrons. The van der Waals surface area contributed by atoms with Gasteiger partial charge in [0.1, 0.15) is 0 Å². The van der Waals surface area contributed by atoms with Gasteiger partial charge in [-0.15, -0.1) is 0 Å². The smallest absolute Gasteiger partial charge is 0.0464 e. The lowest BCUT2D eigenvalue weighted by atomic mass is 10.0. The Morgan fingerprint density at radius 1 is 1.39 bits per heavy atom. The first kappa shape index (κ1) is 13.5. The molecule has 0 bridgehead atoms. The van der Waals surface area contributed by atoms with E-state index in [9.17, 15) is 0 Å². The molecule has 18 heavy (non-hydrogen) atoms. The van der Waals surface area contributed by atoms with Crippen molar-refractivity contribution in [1.82, 2.24) is 15.2 Å². The summed E-state index contributed by atoms with van der Waals surface area (Å²) in [6.07, 6.45) is 2.29. The summed E-state index contributed by atoms with van der Waals surface area (Å²) < 4.78 is 0. The molecule has 0 aromatic carbocycles. The first-order valence-electron chi connectivity index (χ1n) is 7.16. The highest BCUT2D eigenvalue weighted by Crippen LogP contribution is 2.20. The molecule has 0 fully saturated rings. The van der Waals surface area contributed by atoms with Crippen LogP contribution in [0.25, 0.3) is 0 Å². The fourth-order valence-corrected chi connectivity index (χ4v) is 2.53. The van der Waals surface area contributed by atoms with Crippen molar-refractivity contribution in [1.29, 1.82) is 0 Å². The summed E-state index contributed by atoms with van der Waals surface area (Å²) in [7, 11) is 0. The molecule has 0 unspecified atom stereocenters. The molecule has 1 N–H and O–H groups in total. The Labute approximate surface area is 111 Å². The van der Waals surface area contributed by atoms with Crippen LogP contribution in [-0.2, 0) is 19.5 Å². The molecule has 3 nitrogen and oxygen atoms in total. The van der Waals surface area contributed by atoms with Crippen LogP contribution in [0.2, 0.25) is 0 Å². The van der Waals surface area contributed by atoms with Gasteiger partial charge >= 0.3 is 0 Å². The van der Waals surface area contributed by atoms with Gasteiger partial charge in [0.2, 0.25) is 0 Å². The Bertz CT molecular complexity index is 401. The zero-order valence-electron chi connectivity index (χ0n) is 11.9. The minimum absolute atomic E-state index is 0.950. The van der Waals surface area contributed by atoms with Crippen molar-refractivity contribution in [3.05, 3.63) is 28.6 Å². The van der Waals surface area contributed by atoms with Crippen LogP contribution in [-0.4, -0.2) is 29.5 Å². The van der Waals surface area contributed by atoms with Gasteiger partial charge in [0.05, 0.1) is 0 Å². The number of nitrogens with zero attached hydrogens (tertiary/aromatic N) is 2. The highest BCUT2D eigenvalue weighted by atomic mass is 15.1. The van der Waals surface area contributed by atoms with Crippen molar-refractivity contribution in [2.45, 2.75) is 46.7 Å². The third-order valence-electron chi connectivity index (χ3n) is 3.73. The maximum absolute atomic E-state index is 4.79. The van der Waals surface area contributed by atoms with Crippen LogP contribution in [0.1, 0.15) is 42.8 Å². The van der Waals surface area contributed by atoms with Crippen LogP contribution >= 0.6 is 0 Å². The minimum Gasteiger partial charge on any atom is -0.313 e. The van der Waals surface area contributed by atoms with Crippen molar-refractivity contribution in [2.24, 2.45) is 0 Å². The molecular formula is C15H25N3. The standard InChI is InChI=1S/C15H25N3/c1-4-7-16-10-13-9-14-11-18(5-2)8-6-15(14)17-12(13)3/h9,16H,4-8,10-11H2,1-3H3. The monoisotopic (exact) mass is 247 g/mol. The Balaban J connectivity index is 2.12. The second-order valence-electron chi connectivity index (χ2n) is 5.13. The number of fused-ring (bicyclic) bond motifs is 1. The van der Waals surface area contributed by atoms with E-state index in [4.69, 9.17) is 4.98 Å². The number of nitrogens with one attached hydrogen (secondary N) is 1. The van der Waals surface area contributed by atoms with E-state index >= 15 is 0 Å². The van der Waals surface area contributed by atoms with Gasteiger partial charge in [-0.25, -0.2) is 0 Å². The van der Waals surface area contributed by atoms with E-state index in [0.717, 1.165) is 39.1 Å². The minimum atomic E-state index is 0.950. The lowest BCUT2D eigenvalue weighted by Crippen LogP contribution is -2.31. The van der Waals surface area contributed by atoms with Crippen molar-refractivity contribution in [3.8, 4) is 0 Å². The van der Waals surface area contributed by atoms with E-state index in [0.29, 0.717) is 0 Å². The molecule has 2 heterocycles. The lowest BCUT2D eigenvalue weighted by Gasteiger charge is -2.27. The molecule has 0 amide bonds. The highest BCUT2D eigenvalue weighted by molar-refractivity contribution is 5.31. The normalized spacial score (nSPS) is 15.7. The quantitative estimate of drug-likeness (QED) is 0.809. The molecule has 1 aromatic heterocycles. The van der Waals surface area contributed by atoms with Crippen LogP contribution in [0.5, 0.6) is 0 Å². The molecule has 0 radical (unpaired) electrons. The van der Waals surface area contributed by atoms with Crippen molar-refractivity contribution in [2.75, 3.05) is 19.6 Å². The van der Waals surface area contributed by atoms with Gasteiger partial charge in [0.15, 0.2) is 0 Å². The number of likely N-dealkylation sites (N-methyl/N-ethyl adjacent to an activating group) is 1. The van der Waals surface area contributed by atoms with Crippen LogP contribution < -0.4 is 5.32 Å². The third-order valence-corrected chi connectivity index (χ3v) is 3.73. The van der Waals surface area contributed by atoms with E-state index in [1.807, 2.05) is 0 Å². The Kier molecular flexibility index (Phi) is 4.72. The number of rotatable bonds is 5. The van der Waals surface area contributed by atoms with Gasteiger partial charge in [-0.05, 0) is 43.6 Å². The lowest BCUT2D eigenvalue weighted by molar-refractivity contribution is 0.265. The number of hydrogen-bond acceptors (Lipinski definition) is 3. The van der Waals surface area contributed by atoms with Crippen molar-refractivity contribution in [3.63, 3.8) is 0 Å². The third kappa shape index (κ3) is 3.09. The Morgan fingerprint density at radius 2 is 2.22 bits per heavy atom. The summed E-state index contributed by atoms with van der Waals surface area (Å²) in [5.74, 6) is 0. The molecule has 0 aliphatic carbocycles. The molecule has 0 saturated carbocycles. The zero-order valence-corrected chi connectivity index (χ0v) is 11.9. The van der Waals surface area contributed by atoms with Crippen LogP contribution in [0.15, 0.2) is 6.07 Å². The fourth-order valence-electron chi connectivity index (χ4n) is 2.53. The SMILES string of the molecule is CCCNCc1cc2c(nc1C)CCN(CC)C2. The topological polar surface area (TPSA) is 28.2 Å². The van der Waals surface area contributed by atoms with E-state index in [1.54, 1.807) is 0 Å². The largest absolute Gasteiger partial charge is 0.313 e. The van der Waals surface area contributed by atoms with E-state index in [1.165, 1.54) is 28.9 Å². The first-order chi connectivity index (χ1) is 8.74. The van der Waals surface area contributed by atoms with Gasteiger partial charge in [-0.1, -0.05) is 13.8 Å². The molecule has 0 atom stereocenters. The summed E-state index contributed by atoms with van der Waals surface area (Å²) in [6, 6.07) is 2.36. The Morgan fingerprint density at radius 3 is 2.94 bits per heavy atom. The average Bonchev–Trinajstić information content (AvgIpc) is 2.39. The molecule has 1 aliphatic heterocycles. The summed E-state index contributed by atoms with van der Waals surface area (Å²) in [5.41, 5.74) is 5.31. The molecule has 3 heteroatoms. The average molecular weight is 247 g/mol. The highest BCUT2D eigenvalue weighted by Gasteiger charge is 2.17. The molecule has 0 spiro atoms. The van der Waals surface area contributed by atoms with Gasteiger partial charge in [0.25, 0.3) is 0 Å². The Hall–Kier alpha value is -0.930. The molecule has 1 aromatic rings. The van der Waals surface area contributed by atoms with E-state index in [2.05, 4.69) is 37.1 Å². The van der Waals surface area contributed by atoms with Gasteiger partial charge in [0, 0.05) is 37.4 Å². The molecule has 1 aliphatic rings. The molecule has 0 saturated heterocycles. The summed E-state index contributed by atoms with van der Waals surface area (Å²) in [6.45, 7) is 12.0. The second-order valence-corrected chi connectivity index (χ2v) is 5.13. The fraction of sp³-hybridized carbons (Fsp3) is 0.667. The second kappa shape index (κ2) is 6.30. The maximum atomic E-state index is 4.79. The van der Waals surface area contributed by atoms with Crippen molar-refractivity contribution < 1.29 is 0 Å².